The van der Waals surface area contributed by atoms with Crippen LogP contribution in [0, 0.1) is 0 Å². The van der Waals surface area contributed by atoms with Crippen LogP contribution in [0.25, 0.3) is 0 Å². The summed E-state index contributed by atoms with van der Waals surface area (Å²) in [5.41, 5.74) is 10.8. The van der Waals surface area contributed by atoms with Crippen LogP contribution >= 0.6 is 0 Å². The number of hydrogen-bond acceptors (Lipinski definition) is 4. The first-order valence-corrected chi connectivity index (χ1v) is 5.61. The quantitative estimate of drug-likeness (QED) is 0.400. The van der Waals surface area contributed by atoms with Gasteiger partial charge in [0.25, 0.3) is 0 Å². The highest BCUT2D eigenvalue weighted by molar-refractivity contribution is 5.83. The summed E-state index contributed by atoms with van der Waals surface area (Å²) in [7, 11) is 0. The number of carboxylic acid groups (broad SMARTS) is 1. The molecule has 19 heavy (non-hydrogen) atoms. The zero-order chi connectivity index (χ0) is 14.7. The summed E-state index contributed by atoms with van der Waals surface area (Å²) in [6.45, 7) is 3.58. The molecule has 0 amide bonds. The molecule has 0 fully saturated rings. The number of guanidine groups is 1. The second kappa shape index (κ2) is 5.47. The van der Waals surface area contributed by atoms with Crippen molar-refractivity contribution >= 4 is 11.9 Å². The van der Waals surface area contributed by atoms with Crippen molar-refractivity contribution in [3.05, 3.63) is 23.3 Å². The van der Waals surface area contributed by atoms with E-state index in [9.17, 15) is 15.0 Å². The van der Waals surface area contributed by atoms with E-state index in [1.54, 1.807) is 13.8 Å². The van der Waals surface area contributed by atoms with E-state index in [1.165, 1.54) is 12.1 Å². The number of rotatable bonds is 4. The molecule has 0 unspecified atom stereocenters. The first-order chi connectivity index (χ1) is 8.73. The number of carbonyl (C=O) groups is 1. The van der Waals surface area contributed by atoms with Crippen LogP contribution in [0.4, 0.5) is 0 Å². The van der Waals surface area contributed by atoms with Gasteiger partial charge >= 0.3 is 5.97 Å². The number of benzene rings is 1. The number of aromatic hydroxyl groups is 2. The molecule has 0 bridgehead atoms. The molecule has 0 aromatic heterocycles. The van der Waals surface area contributed by atoms with E-state index in [0.29, 0.717) is 5.56 Å². The Morgan fingerprint density at radius 3 is 2.00 bits per heavy atom. The largest absolute Gasteiger partial charge is 0.508 e. The van der Waals surface area contributed by atoms with E-state index in [1.807, 2.05) is 0 Å². The molecule has 7 nitrogen and oxygen atoms in total. The van der Waals surface area contributed by atoms with Gasteiger partial charge in [-0.25, -0.2) is 9.79 Å². The van der Waals surface area contributed by atoms with Gasteiger partial charge in [-0.3, -0.25) is 0 Å². The lowest BCUT2D eigenvalue weighted by molar-refractivity contribution is -0.138. The topological polar surface area (TPSA) is 142 Å². The van der Waals surface area contributed by atoms with Crippen molar-refractivity contribution in [2.75, 3.05) is 0 Å². The van der Waals surface area contributed by atoms with Crippen LogP contribution in [0.2, 0.25) is 0 Å². The summed E-state index contributed by atoms with van der Waals surface area (Å²) in [6.07, 6.45) is 0. The van der Waals surface area contributed by atoms with Crippen molar-refractivity contribution in [2.24, 2.45) is 16.5 Å². The van der Waals surface area contributed by atoms with E-state index in [2.05, 4.69) is 4.99 Å². The predicted molar refractivity (Wildman–Crippen MR) is 70.0 cm³/mol. The molecule has 0 radical (unpaired) electrons. The third-order valence-electron chi connectivity index (χ3n) is 2.56. The zero-order valence-electron chi connectivity index (χ0n) is 10.7. The number of carboxylic acids is 1. The van der Waals surface area contributed by atoms with Gasteiger partial charge in [0, 0.05) is 5.56 Å². The monoisotopic (exact) mass is 267 g/mol. The molecular formula is C12H17N3O4. The molecule has 0 spiro atoms. The highest BCUT2D eigenvalue weighted by Gasteiger charge is 2.23. The second-order valence-electron chi connectivity index (χ2n) is 4.42. The molecule has 0 heterocycles. The Labute approximate surface area is 110 Å². The molecule has 0 saturated heterocycles. The summed E-state index contributed by atoms with van der Waals surface area (Å²) in [5.74, 6) is -2.17. The molecule has 0 aliphatic carbocycles. The maximum atomic E-state index is 11.1. The van der Waals surface area contributed by atoms with Crippen LogP contribution in [0.15, 0.2) is 17.1 Å². The van der Waals surface area contributed by atoms with Gasteiger partial charge < -0.3 is 26.8 Å². The van der Waals surface area contributed by atoms with Gasteiger partial charge in [-0.2, -0.15) is 0 Å². The Kier molecular flexibility index (Phi) is 4.21. The van der Waals surface area contributed by atoms with Gasteiger partial charge in [0.2, 0.25) is 0 Å². The van der Waals surface area contributed by atoms with Crippen LogP contribution < -0.4 is 11.5 Å². The van der Waals surface area contributed by atoms with Gasteiger partial charge in [-0.05, 0) is 23.6 Å². The predicted octanol–water partition coefficient (Wildman–Crippen LogP) is 0.620. The van der Waals surface area contributed by atoms with E-state index in [4.69, 9.17) is 16.6 Å². The van der Waals surface area contributed by atoms with Crippen LogP contribution in [-0.2, 0) is 4.79 Å². The Bertz CT molecular complexity index is 499. The molecule has 1 atom stereocenters. The van der Waals surface area contributed by atoms with Crippen molar-refractivity contribution in [3.8, 4) is 11.5 Å². The molecule has 0 aliphatic heterocycles. The van der Waals surface area contributed by atoms with Gasteiger partial charge in [0.1, 0.15) is 11.5 Å². The van der Waals surface area contributed by atoms with E-state index in [-0.39, 0.29) is 28.9 Å². The minimum Gasteiger partial charge on any atom is -0.508 e. The molecule has 104 valence electrons. The first-order valence-electron chi connectivity index (χ1n) is 5.61. The summed E-state index contributed by atoms with van der Waals surface area (Å²) in [6, 6.07) is 1.10. The molecule has 0 saturated carbocycles. The summed E-state index contributed by atoms with van der Waals surface area (Å²) in [4.78, 5) is 14.6. The van der Waals surface area contributed by atoms with E-state index < -0.39 is 12.0 Å². The minimum atomic E-state index is -1.37. The molecule has 1 aromatic carbocycles. The fourth-order valence-corrected chi connectivity index (χ4v) is 1.81. The average molecular weight is 267 g/mol. The van der Waals surface area contributed by atoms with Crippen molar-refractivity contribution in [3.63, 3.8) is 0 Å². The molecule has 0 aliphatic rings. The summed E-state index contributed by atoms with van der Waals surface area (Å²) >= 11 is 0. The van der Waals surface area contributed by atoms with Crippen LogP contribution in [-0.4, -0.2) is 27.2 Å². The fourth-order valence-electron chi connectivity index (χ4n) is 1.81. The molecule has 1 aromatic rings. The number of phenolic OH excluding ortho intramolecular Hbond substituents is 2. The standard InChI is InChI=1S/C12H17N3O4/c1-5(2)9-7(16)3-6(4-8(9)17)10(11(18)19)15-12(13)14/h3-5,10,16-17H,1-2H3,(H,18,19)(H4,13,14,15)/t10-/m0/s1. The number of phenols is 2. The second-order valence-corrected chi connectivity index (χ2v) is 4.42. The Morgan fingerprint density at radius 2 is 1.68 bits per heavy atom. The minimum absolute atomic E-state index is 0.0975. The van der Waals surface area contributed by atoms with Crippen LogP contribution in [0.1, 0.15) is 36.9 Å². The number of aliphatic imine (C=N–C) groups is 1. The zero-order valence-corrected chi connectivity index (χ0v) is 10.7. The molecule has 7 N–H and O–H groups in total. The van der Waals surface area contributed by atoms with Gasteiger partial charge in [-0.15, -0.1) is 0 Å². The lowest BCUT2D eigenvalue weighted by Gasteiger charge is -2.15. The van der Waals surface area contributed by atoms with E-state index >= 15 is 0 Å². The number of aliphatic carboxylic acids is 1. The Morgan fingerprint density at radius 1 is 1.21 bits per heavy atom. The van der Waals surface area contributed by atoms with E-state index in [0.717, 1.165) is 0 Å². The Hall–Kier alpha value is -2.44. The van der Waals surface area contributed by atoms with Crippen molar-refractivity contribution in [2.45, 2.75) is 25.8 Å². The lowest BCUT2D eigenvalue weighted by atomic mass is 9.96. The first kappa shape index (κ1) is 14.6. The third kappa shape index (κ3) is 3.27. The van der Waals surface area contributed by atoms with Gasteiger partial charge in [-0.1, -0.05) is 13.8 Å². The fraction of sp³-hybridized carbons (Fsp3) is 0.333. The molecule has 7 heteroatoms. The maximum Gasteiger partial charge on any atom is 0.333 e. The number of nitrogens with zero attached hydrogens (tertiary/aromatic N) is 1. The third-order valence-corrected chi connectivity index (χ3v) is 2.56. The molecular weight excluding hydrogens is 250 g/mol. The van der Waals surface area contributed by atoms with Crippen molar-refractivity contribution < 1.29 is 20.1 Å². The smallest absolute Gasteiger partial charge is 0.333 e. The van der Waals surface area contributed by atoms with Crippen molar-refractivity contribution in [1.82, 2.24) is 0 Å². The lowest BCUT2D eigenvalue weighted by Crippen LogP contribution is -2.25. The van der Waals surface area contributed by atoms with Gasteiger partial charge in [0.05, 0.1) is 0 Å². The normalized spacial score (nSPS) is 12.2. The molecule has 1 rings (SSSR count). The summed E-state index contributed by atoms with van der Waals surface area (Å²) in [5, 5.41) is 28.7. The van der Waals surface area contributed by atoms with Crippen LogP contribution in [0.5, 0.6) is 11.5 Å². The van der Waals surface area contributed by atoms with Crippen molar-refractivity contribution in [1.29, 1.82) is 0 Å². The SMILES string of the molecule is CC(C)c1c(O)cc([C@H](N=C(N)N)C(=O)O)cc1O. The maximum absolute atomic E-state index is 11.1. The van der Waals surface area contributed by atoms with Gasteiger partial charge in [0.15, 0.2) is 12.0 Å². The average Bonchev–Trinajstić information content (AvgIpc) is 2.23. The summed E-state index contributed by atoms with van der Waals surface area (Å²) < 4.78 is 0. The van der Waals surface area contributed by atoms with Crippen LogP contribution in [0.3, 0.4) is 0 Å². The highest BCUT2D eigenvalue weighted by Crippen LogP contribution is 2.37. The number of hydrogen-bond donors (Lipinski definition) is 5. The highest BCUT2D eigenvalue weighted by atomic mass is 16.4. The Balaban J connectivity index is 3.35. The number of nitrogens with two attached hydrogens (primary N) is 2.